The molecule has 3 atom stereocenters. The van der Waals surface area contributed by atoms with E-state index in [-0.39, 0.29) is 19.1 Å². The van der Waals surface area contributed by atoms with E-state index in [1.54, 1.807) is 6.08 Å². The second-order valence-electron chi connectivity index (χ2n) is 22.8. The first-order valence-corrected chi connectivity index (χ1v) is 32.6. The van der Waals surface area contributed by atoms with Gasteiger partial charge in [0.2, 0.25) is 5.91 Å². The smallest absolute Gasteiger partial charge is 0.387 e. The summed E-state index contributed by atoms with van der Waals surface area (Å²) in [4.78, 5) is 23.2. The lowest BCUT2D eigenvalue weighted by Crippen LogP contribution is -2.45. The van der Waals surface area contributed by atoms with Crippen molar-refractivity contribution in [2.75, 3.05) is 40.9 Å². The molecule has 0 radical (unpaired) electrons. The Morgan fingerprint density at radius 2 is 0.757 bits per heavy atom. The Balaban J connectivity index is 3.74. The van der Waals surface area contributed by atoms with E-state index >= 15 is 0 Å². The number of unbranched alkanes of at least 4 members (excludes halogenated alkanes) is 45. The Morgan fingerprint density at radius 3 is 1.06 bits per heavy atom. The summed E-state index contributed by atoms with van der Waals surface area (Å²) < 4.78 is 23.6. The zero-order valence-corrected chi connectivity index (χ0v) is 48.7. The number of quaternary nitrogens is 1. The van der Waals surface area contributed by atoms with E-state index in [1.165, 1.54) is 263 Å². The number of hydrogen-bond acceptors (Lipinski definition) is 5. The molecule has 0 rings (SSSR count). The van der Waals surface area contributed by atoms with Crippen LogP contribution in [0.4, 0.5) is 0 Å². The zero-order valence-electron chi connectivity index (χ0n) is 47.8. The molecule has 9 heteroatoms. The third-order valence-electron chi connectivity index (χ3n) is 14.5. The lowest BCUT2D eigenvalue weighted by Gasteiger charge is -2.25. The molecule has 0 aromatic heterocycles. The van der Waals surface area contributed by atoms with E-state index in [9.17, 15) is 19.4 Å². The quantitative estimate of drug-likeness (QED) is 0.0243. The molecule has 418 valence electrons. The van der Waals surface area contributed by atoms with Gasteiger partial charge in [0.1, 0.15) is 13.2 Å². The first-order chi connectivity index (χ1) is 34.0. The number of phosphoric ester groups is 1. The molecule has 0 aromatic carbocycles. The van der Waals surface area contributed by atoms with Crippen LogP contribution < -0.4 is 5.32 Å². The van der Waals surface area contributed by atoms with E-state index in [4.69, 9.17) is 9.05 Å². The molecule has 8 nitrogen and oxygen atoms in total. The van der Waals surface area contributed by atoms with Crippen molar-refractivity contribution in [2.45, 2.75) is 334 Å². The summed E-state index contributed by atoms with van der Waals surface area (Å²) in [5.41, 5.74) is 0. The van der Waals surface area contributed by atoms with Crippen LogP contribution in [0.25, 0.3) is 0 Å². The highest BCUT2D eigenvalue weighted by Crippen LogP contribution is 2.43. The van der Waals surface area contributed by atoms with Gasteiger partial charge in [-0.3, -0.25) is 13.8 Å². The zero-order chi connectivity index (χ0) is 51.3. The summed E-state index contributed by atoms with van der Waals surface area (Å²) in [5, 5.41) is 13.8. The van der Waals surface area contributed by atoms with Gasteiger partial charge in [-0.25, -0.2) is 4.57 Å². The molecule has 0 saturated carbocycles. The van der Waals surface area contributed by atoms with Gasteiger partial charge in [-0.05, 0) is 19.3 Å². The van der Waals surface area contributed by atoms with Crippen molar-refractivity contribution < 1.29 is 32.9 Å². The molecule has 0 aromatic rings. The van der Waals surface area contributed by atoms with Gasteiger partial charge in [-0.1, -0.05) is 309 Å². The Labute approximate surface area is 437 Å². The summed E-state index contributed by atoms with van der Waals surface area (Å²) in [5.74, 6) is -0.173. The summed E-state index contributed by atoms with van der Waals surface area (Å²) in [6.45, 7) is 4.82. The van der Waals surface area contributed by atoms with Crippen LogP contribution in [-0.4, -0.2) is 73.4 Å². The van der Waals surface area contributed by atoms with E-state index in [0.29, 0.717) is 17.4 Å². The fourth-order valence-electron chi connectivity index (χ4n) is 9.63. The molecule has 1 amide bonds. The third kappa shape index (κ3) is 55.0. The maximum atomic E-state index is 12.9. The predicted octanol–water partition coefficient (Wildman–Crippen LogP) is 19.0. The second kappa shape index (κ2) is 53.1. The van der Waals surface area contributed by atoms with Crippen LogP contribution in [0.2, 0.25) is 0 Å². The number of hydrogen-bond donors (Lipinski definition) is 3. The molecule has 0 heterocycles. The number of allylic oxidation sites excluding steroid dienone is 1. The minimum atomic E-state index is -4.33. The average Bonchev–Trinajstić information content (AvgIpc) is 3.32. The van der Waals surface area contributed by atoms with Gasteiger partial charge < -0.3 is 19.8 Å². The van der Waals surface area contributed by atoms with Crippen molar-refractivity contribution in [2.24, 2.45) is 0 Å². The number of carbonyl (C=O) groups is 1. The highest BCUT2D eigenvalue weighted by atomic mass is 31.2. The Morgan fingerprint density at radius 1 is 0.471 bits per heavy atom. The number of rotatable bonds is 58. The van der Waals surface area contributed by atoms with Gasteiger partial charge >= 0.3 is 7.82 Å². The van der Waals surface area contributed by atoms with Gasteiger partial charge in [0, 0.05) is 6.42 Å². The molecule has 0 aliphatic heterocycles. The highest BCUT2D eigenvalue weighted by molar-refractivity contribution is 7.47. The number of nitrogens with one attached hydrogen (secondary N) is 1. The number of phosphoric acid groups is 1. The van der Waals surface area contributed by atoms with Crippen LogP contribution in [0.3, 0.4) is 0 Å². The highest BCUT2D eigenvalue weighted by Gasteiger charge is 2.27. The minimum Gasteiger partial charge on any atom is -0.387 e. The first-order valence-electron chi connectivity index (χ1n) is 31.1. The van der Waals surface area contributed by atoms with Crippen LogP contribution in [0, 0.1) is 0 Å². The third-order valence-corrected chi connectivity index (χ3v) is 15.5. The molecule has 0 bridgehead atoms. The molecule has 0 aliphatic rings. The van der Waals surface area contributed by atoms with Crippen molar-refractivity contribution in [1.82, 2.24) is 5.32 Å². The predicted molar refractivity (Wildman–Crippen MR) is 305 cm³/mol. The van der Waals surface area contributed by atoms with Crippen LogP contribution in [0.5, 0.6) is 0 Å². The fraction of sp³-hybridized carbons (Fsp3) is 0.951. The number of carbonyl (C=O) groups excluding carboxylic acids is 1. The van der Waals surface area contributed by atoms with Gasteiger partial charge in [-0.15, -0.1) is 0 Å². The van der Waals surface area contributed by atoms with E-state index in [2.05, 4.69) is 19.2 Å². The van der Waals surface area contributed by atoms with Crippen molar-refractivity contribution in [3.8, 4) is 0 Å². The molecule has 3 N–H and O–H groups in total. The van der Waals surface area contributed by atoms with Gasteiger partial charge in [0.25, 0.3) is 0 Å². The maximum absolute atomic E-state index is 12.9. The van der Waals surface area contributed by atoms with Crippen LogP contribution in [0.1, 0.15) is 322 Å². The minimum absolute atomic E-state index is 0.0645. The lowest BCUT2D eigenvalue weighted by molar-refractivity contribution is -0.870. The average molecular weight is 1010 g/mol. The number of likely N-dealkylation sites (N-methyl/N-ethyl adjacent to an activating group) is 1. The number of aliphatic hydroxyl groups is 1. The second-order valence-corrected chi connectivity index (χ2v) is 24.3. The van der Waals surface area contributed by atoms with E-state index in [1.807, 2.05) is 27.2 Å². The standard InChI is InChI=1S/C61H123N2O6P/c1-6-8-10-12-14-16-17-18-19-20-21-22-23-24-25-26-27-28-29-30-31-32-33-34-35-36-37-38-39-40-41-42-43-44-45-47-49-51-53-55-61(65)62-59(58-69-70(66,67)68-57-56-63(3,4)5)60(64)54-52-50-48-46-15-13-11-9-7-2/h52,54,59-60,64H,6-51,53,55-58H2,1-5H3,(H-,62,65,66,67)/p+1/b54-52+. The molecule has 0 spiro atoms. The van der Waals surface area contributed by atoms with E-state index < -0.39 is 20.0 Å². The van der Waals surface area contributed by atoms with Crippen molar-refractivity contribution in [3.05, 3.63) is 12.2 Å². The molecule has 0 aliphatic carbocycles. The largest absolute Gasteiger partial charge is 0.472 e. The monoisotopic (exact) mass is 1010 g/mol. The van der Waals surface area contributed by atoms with Crippen molar-refractivity contribution >= 4 is 13.7 Å². The van der Waals surface area contributed by atoms with Crippen LogP contribution >= 0.6 is 7.82 Å². The lowest BCUT2D eigenvalue weighted by atomic mass is 10.0. The summed E-state index contributed by atoms with van der Waals surface area (Å²) >= 11 is 0. The number of aliphatic hydroxyl groups excluding tert-OH is 1. The molecule has 0 fully saturated rings. The first kappa shape index (κ1) is 69.2. The molecule has 3 unspecified atom stereocenters. The topological polar surface area (TPSA) is 105 Å². The normalized spacial score (nSPS) is 13.9. The Kier molecular flexibility index (Phi) is 52.5. The number of amides is 1. The summed E-state index contributed by atoms with van der Waals surface area (Å²) in [6.07, 6.45) is 66.7. The van der Waals surface area contributed by atoms with Crippen molar-refractivity contribution in [1.29, 1.82) is 0 Å². The Bertz CT molecular complexity index is 1150. The number of nitrogens with zero attached hydrogens (tertiary/aromatic N) is 1. The van der Waals surface area contributed by atoms with E-state index in [0.717, 1.165) is 38.5 Å². The molecule has 70 heavy (non-hydrogen) atoms. The maximum Gasteiger partial charge on any atom is 0.472 e. The molecular weight excluding hydrogens is 888 g/mol. The Hall–Kier alpha value is -0.760. The van der Waals surface area contributed by atoms with Crippen LogP contribution in [0.15, 0.2) is 12.2 Å². The summed E-state index contributed by atoms with van der Waals surface area (Å²) in [6, 6.07) is -0.840. The molecular formula is C61H124N2O6P+. The van der Waals surface area contributed by atoms with Gasteiger partial charge in [0.05, 0.1) is 39.9 Å². The van der Waals surface area contributed by atoms with Crippen LogP contribution in [-0.2, 0) is 18.4 Å². The fourth-order valence-corrected chi connectivity index (χ4v) is 10.4. The molecule has 0 saturated heterocycles. The van der Waals surface area contributed by atoms with Gasteiger partial charge in [-0.2, -0.15) is 0 Å². The van der Waals surface area contributed by atoms with Crippen molar-refractivity contribution in [3.63, 3.8) is 0 Å². The van der Waals surface area contributed by atoms with Gasteiger partial charge in [0.15, 0.2) is 0 Å². The SMILES string of the molecule is CCCCCCCCC/C=C/C(O)C(COP(=O)(O)OCC[N+](C)(C)C)NC(=O)CCCCCCCCCCCCCCCCCCCCCCCCCCCCCCCCCCCCCCCCC. The summed E-state index contributed by atoms with van der Waals surface area (Å²) in [7, 11) is 1.59.